The first-order valence-electron chi connectivity index (χ1n) is 13.6. The number of thiazole rings is 1. The Morgan fingerprint density at radius 2 is 1.77 bits per heavy atom. The van der Waals surface area contributed by atoms with E-state index in [2.05, 4.69) is 26.5 Å². The number of piperidine rings is 1. The van der Waals surface area contributed by atoms with Crippen molar-refractivity contribution in [3.05, 3.63) is 58.1 Å². The summed E-state index contributed by atoms with van der Waals surface area (Å²) < 4.78 is 7.34. The Morgan fingerprint density at radius 3 is 2.35 bits per heavy atom. The first-order valence-corrected chi connectivity index (χ1v) is 14.5. The Bertz CT molecular complexity index is 1430. The van der Waals surface area contributed by atoms with Gasteiger partial charge in [0, 0.05) is 32.0 Å². The first-order chi connectivity index (χ1) is 19.0. The summed E-state index contributed by atoms with van der Waals surface area (Å²) in [5.74, 6) is -0.822. The van der Waals surface area contributed by atoms with Crippen molar-refractivity contribution < 1.29 is 28.7 Å². The number of likely N-dealkylation sites (tertiary alicyclic amines) is 1. The fourth-order valence-corrected chi connectivity index (χ4v) is 7.04. The Balaban J connectivity index is 1.31. The Labute approximate surface area is 238 Å². The minimum absolute atomic E-state index is 0.0575. The van der Waals surface area contributed by atoms with Gasteiger partial charge in [0.1, 0.15) is 10.8 Å². The van der Waals surface area contributed by atoms with Gasteiger partial charge in [0.25, 0.3) is 5.91 Å². The monoisotopic (exact) mass is 565 g/mol. The molecule has 1 fully saturated rings. The minimum atomic E-state index is -1.02. The van der Waals surface area contributed by atoms with Crippen molar-refractivity contribution in [1.29, 1.82) is 0 Å². The lowest BCUT2D eigenvalue weighted by molar-refractivity contribution is -0.897. The molecule has 0 radical (unpaired) electrons. The number of nitrogens with one attached hydrogen (secondary N) is 1. The van der Waals surface area contributed by atoms with Gasteiger partial charge in [0.05, 0.1) is 68.5 Å². The van der Waals surface area contributed by atoms with Crippen LogP contribution in [0, 0.1) is 5.41 Å². The Kier molecular flexibility index (Phi) is 7.58. The van der Waals surface area contributed by atoms with Gasteiger partial charge in [-0.15, -0.1) is 11.3 Å². The molecule has 0 bridgehead atoms. The lowest BCUT2D eigenvalue weighted by Gasteiger charge is -2.40. The Hall–Kier alpha value is -3.50. The molecule has 1 aliphatic carbocycles. The quantitative estimate of drug-likeness (QED) is 0.405. The number of aromatic nitrogens is 1. The number of benzene rings is 2. The summed E-state index contributed by atoms with van der Waals surface area (Å²) in [6.45, 7) is 1.59. The molecule has 0 atom stereocenters. The SMILES string of the molecule is COc1cc2sc(CNC(=O)C3(CC(=O)O)Cc4ccccc4C3)nc2cc1C(=O)N1CCC([N+](C)(C)C)CC1. The van der Waals surface area contributed by atoms with E-state index < -0.39 is 11.4 Å². The number of carbonyl (C=O) groups excluding carboxylic acids is 2. The van der Waals surface area contributed by atoms with E-state index in [1.807, 2.05) is 35.2 Å². The summed E-state index contributed by atoms with van der Waals surface area (Å²) in [5.41, 5.74) is 2.18. The summed E-state index contributed by atoms with van der Waals surface area (Å²) in [6, 6.07) is 11.9. The molecule has 2 amide bonds. The third kappa shape index (κ3) is 5.55. The van der Waals surface area contributed by atoms with Gasteiger partial charge in [-0.05, 0) is 30.0 Å². The van der Waals surface area contributed by atoms with Crippen molar-refractivity contribution in [3.8, 4) is 5.75 Å². The first kappa shape index (κ1) is 28.0. The number of carbonyl (C=O) groups is 3. The van der Waals surface area contributed by atoms with E-state index in [9.17, 15) is 19.5 Å². The zero-order valence-corrected chi connectivity index (χ0v) is 24.3. The van der Waals surface area contributed by atoms with Crippen molar-refractivity contribution in [1.82, 2.24) is 15.2 Å². The Morgan fingerprint density at radius 1 is 1.12 bits per heavy atom. The molecular weight excluding hydrogens is 528 g/mol. The molecule has 9 nitrogen and oxygen atoms in total. The van der Waals surface area contributed by atoms with Crippen LogP contribution in [-0.2, 0) is 29.0 Å². The molecule has 2 aromatic carbocycles. The topological polar surface area (TPSA) is 109 Å². The van der Waals surface area contributed by atoms with Crippen LogP contribution >= 0.6 is 11.3 Å². The molecule has 0 saturated carbocycles. The van der Waals surface area contributed by atoms with Crippen molar-refractivity contribution in [2.75, 3.05) is 41.3 Å². The zero-order valence-electron chi connectivity index (χ0n) is 23.5. The number of rotatable bonds is 8. The van der Waals surface area contributed by atoms with Crippen LogP contribution in [0.5, 0.6) is 5.75 Å². The van der Waals surface area contributed by atoms with Crippen LogP contribution < -0.4 is 10.1 Å². The number of aliphatic carboxylic acids is 1. The second-order valence-electron chi connectivity index (χ2n) is 11.9. The third-order valence-electron chi connectivity index (χ3n) is 8.38. The van der Waals surface area contributed by atoms with Gasteiger partial charge in [-0.25, -0.2) is 4.98 Å². The number of fused-ring (bicyclic) bond motifs is 2. The molecule has 2 aliphatic rings. The van der Waals surface area contributed by atoms with E-state index in [0.29, 0.717) is 53.8 Å². The van der Waals surface area contributed by atoms with Crippen molar-refractivity contribution in [3.63, 3.8) is 0 Å². The number of amides is 2. The van der Waals surface area contributed by atoms with Gasteiger partial charge >= 0.3 is 5.97 Å². The lowest BCUT2D eigenvalue weighted by Crippen LogP contribution is -2.52. The number of quaternary nitrogens is 1. The van der Waals surface area contributed by atoms with Crippen LogP contribution in [0.3, 0.4) is 0 Å². The fourth-order valence-electron chi connectivity index (χ4n) is 6.12. The molecule has 2 N–H and O–H groups in total. The van der Waals surface area contributed by atoms with Crippen LogP contribution in [0.1, 0.15) is 45.8 Å². The van der Waals surface area contributed by atoms with Gasteiger partial charge in [0.2, 0.25) is 5.91 Å². The normalized spacial score (nSPS) is 17.1. The van der Waals surface area contributed by atoms with Crippen LogP contribution in [0.4, 0.5) is 0 Å². The number of nitrogens with zero attached hydrogens (tertiary/aromatic N) is 3. The van der Waals surface area contributed by atoms with Crippen molar-refractivity contribution in [2.45, 2.75) is 44.7 Å². The van der Waals surface area contributed by atoms with E-state index in [-0.39, 0.29) is 24.8 Å². The number of hydrogen-bond acceptors (Lipinski definition) is 6. The van der Waals surface area contributed by atoms with Gasteiger partial charge in [-0.3, -0.25) is 14.4 Å². The molecule has 0 spiro atoms. The lowest BCUT2D eigenvalue weighted by atomic mass is 9.80. The maximum absolute atomic E-state index is 13.5. The van der Waals surface area contributed by atoms with Crippen molar-refractivity contribution in [2.24, 2.45) is 5.41 Å². The number of methoxy groups -OCH3 is 1. The average molecular weight is 566 g/mol. The zero-order chi connectivity index (χ0) is 28.7. The van der Waals surface area contributed by atoms with E-state index in [0.717, 1.165) is 33.2 Å². The molecule has 212 valence electrons. The highest BCUT2D eigenvalue weighted by atomic mass is 32.1. The van der Waals surface area contributed by atoms with Crippen LogP contribution in [0.2, 0.25) is 0 Å². The van der Waals surface area contributed by atoms with Crippen LogP contribution in [0.15, 0.2) is 36.4 Å². The summed E-state index contributed by atoms with van der Waals surface area (Å²) in [4.78, 5) is 45.2. The fraction of sp³-hybridized carbons (Fsp3) is 0.467. The highest BCUT2D eigenvalue weighted by Gasteiger charge is 2.45. The summed E-state index contributed by atoms with van der Waals surface area (Å²) in [5, 5.41) is 13.2. The predicted molar refractivity (Wildman–Crippen MR) is 154 cm³/mol. The minimum Gasteiger partial charge on any atom is -0.496 e. The largest absolute Gasteiger partial charge is 0.496 e. The summed E-state index contributed by atoms with van der Waals surface area (Å²) >= 11 is 1.42. The average Bonchev–Trinajstić information content (AvgIpc) is 3.50. The highest BCUT2D eigenvalue weighted by molar-refractivity contribution is 7.18. The van der Waals surface area contributed by atoms with Gasteiger partial charge in [-0.1, -0.05) is 24.3 Å². The maximum Gasteiger partial charge on any atom is 0.304 e. The highest BCUT2D eigenvalue weighted by Crippen LogP contribution is 2.40. The molecule has 1 saturated heterocycles. The molecule has 1 aliphatic heterocycles. The number of carboxylic acid groups (broad SMARTS) is 1. The number of carboxylic acids is 1. The molecule has 10 heteroatoms. The molecule has 3 aromatic rings. The molecule has 1 aromatic heterocycles. The van der Waals surface area contributed by atoms with E-state index >= 15 is 0 Å². The molecule has 40 heavy (non-hydrogen) atoms. The van der Waals surface area contributed by atoms with Gasteiger partial charge < -0.3 is 24.5 Å². The van der Waals surface area contributed by atoms with Gasteiger partial charge in [-0.2, -0.15) is 0 Å². The van der Waals surface area contributed by atoms with E-state index in [1.165, 1.54) is 11.3 Å². The third-order valence-corrected chi connectivity index (χ3v) is 9.40. The standard InChI is InChI=1S/C30H36N4O5S/c1-34(2,3)21-9-11-33(12-10-21)28(37)22-13-23-25(14-24(22)39-4)40-26(32-23)18-31-29(38)30(17-27(35)36)15-19-7-5-6-8-20(19)16-30/h5-8,13-14,21H,9-12,15-18H2,1-4H3,(H-,31,35,36,38)/p+1. The smallest absolute Gasteiger partial charge is 0.304 e. The van der Waals surface area contributed by atoms with Gasteiger partial charge in [0.15, 0.2) is 0 Å². The summed E-state index contributed by atoms with van der Waals surface area (Å²) in [7, 11) is 8.14. The number of hydrogen-bond donors (Lipinski definition) is 2. The second-order valence-corrected chi connectivity index (χ2v) is 13.0. The van der Waals surface area contributed by atoms with E-state index in [1.54, 1.807) is 13.2 Å². The van der Waals surface area contributed by atoms with Crippen molar-refractivity contribution >= 4 is 39.3 Å². The van der Waals surface area contributed by atoms with Crippen LogP contribution in [-0.4, -0.2) is 84.6 Å². The molecular formula is C30H37N4O5S+. The second kappa shape index (κ2) is 10.8. The maximum atomic E-state index is 13.5. The van der Waals surface area contributed by atoms with Crippen LogP contribution in [0.25, 0.3) is 10.2 Å². The number of ether oxygens (including phenoxy) is 1. The molecule has 5 rings (SSSR count). The molecule has 2 heterocycles. The summed E-state index contributed by atoms with van der Waals surface area (Å²) in [6.07, 6.45) is 2.47. The molecule has 0 unspecified atom stereocenters. The predicted octanol–water partition coefficient (Wildman–Crippen LogP) is 3.49. The van der Waals surface area contributed by atoms with E-state index in [4.69, 9.17) is 9.72 Å².